The molecule has 0 aromatic carbocycles. The van der Waals surface area contributed by atoms with Gasteiger partial charge >= 0.3 is 0 Å². The Balaban J connectivity index is 2.97. The largest absolute Gasteiger partial charge is 0.245 e. The minimum atomic E-state index is -0.944. The average molecular weight is 289 g/mol. The molecule has 5 heteroatoms. The Morgan fingerprint density at radius 1 is 1.50 bits per heavy atom. The van der Waals surface area contributed by atoms with E-state index < -0.39 is 2.34 Å². The zero-order valence-electron chi connectivity index (χ0n) is 4.76. The first-order valence-corrected chi connectivity index (χ1v) is 4.27. The summed E-state index contributed by atoms with van der Waals surface area (Å²) in [6.45, 7) is 0. The molecule has 0 saturated heterocycles. The lowest BCUT2D eigenvalue weighted by atomic mass is 10.5. The number of nitrogens with zero attached hydrogens (tertiary/aromatic N) is 2. The van der Waals surface area contributed by atoms with Crippen molar-refractivity contribution in [1.82, 2.24) is 9.97 Å². The quantitative estimate of drug-likeness (QED) is 0.586. The SMILES string of the molecule is ClC(Cl)(I)c1ccncn1. The van der Waals surface area contributed by atoms with Crippen LogP contribution in [-0.2, 0) is 2.34 Å². The first-order valence-electron chi connectivity index (χ1n) is 2.44. The number of hydrogen-bond acceptors (Lipinski definition) is 2. The minimum Gasteiger partial charge on any atom is -0.245 e. The lowest BCUT2D eigenvalue weighted by Crippen LogP contribution is -2.01. The van der Waals surface area contributed by atoms with E-state index in [-0.39, 0.29) is 0 Å². The maximum absolute atomic E-state index is 5.72. The van der Waals surface area contributed by atoms with Crippen molar-refractivity contribution in [3.8, 4) is 0 Å². The van der Waals surface area contributed by atoms with Crippen molar-refractivity contribution in [1.29, 1.82) is 0 Å². The minimum absolute atomic E-state index is 0.603. The van der Waals surface area contributed by atoms with Crippen LogP contribution in [0.2, 0.25) is 0 Å². The van der Waals surface area contributed by atoms with E-state index in [2.05, 4.69) is 9.97 Å². The summed E-state index contributed by atoms with van der Waals surface area (Å²) < 4.78 is -0.944. The first-order chi connectivity index (χ1) is 4.61. The van der Waals surface area contributed by atoms with Crippen LogP contribution in [0.25, 0.3) is 0 Å². The van der Waals surface area contributed by atoms with Gasteiger partial charge in [-0.05, 0) is 28.7 Å². The van der Waals surface area contributed by atoms with Gasteiger partial charge in [0.2, 0.25) is 2.34 Å². The molecule has 0 aliphatic rings. The van der Waals surface area contributed by atoms with E-state index in [1.165, 1.54) is 6.33 Å². The molecule has 0 radical (unpaired) electrons. The topological polar surface area (TPSA) is 25.8 Å². The second kappa shape index (κ2) is 3.19. The van der Waals surface area contributed by atoms with Gasteiger partial charge in [0, 0.05) is 6.20 Å². The fourth-order valence-corrected chi connectivity index (χ4v) is 1.00. The van der Waals surface area contributed by atoms with Crippen LogP contribution in [0, 0.1) is 0 Å². The maximum atomic E-state index is 5.72. The normalized spacial score (nSPS) is 11.5. The monoisotopic (exact) mass is 288 g/mol. The molecule has 54 valence electrons. The Kier molecular flexibility index (Phi) is 2.71. The molecule has 0 saturated carbocycles. The molecule has 1 rings (SSSR count). The van der Waals surface area contributed by atoms with Crippen LogP contribution in [0.5, 0.6) is 0 Å². The van der Waals surface area contributed by atoms with Crippen molar-refractivity contribution in [2.75, 3.05) is 0 Å². The summed E-state index contributed by atoms with van der Waals surface area (Å²) in [5, 5.41) is 0. The smallest absolute Gasteiger partial charge is 0.209 e. The van der Waals surface area contributed by atoms with Crippen molar-refractivity contribution in [2.45, 2.75) is 2.34 Å². The molecule has 0 spiro atoms. The van der Waals surface area contributed by atoms with E-state index in [4.69, 9.17) is 23.2 Å². The van der Waals surface area contributed by atoms with Crippen molar-refractivity contribution >= 4 is 45.8 Å². The van der Waals surface area contributed by atoms with Crippen molar-refractivity contribution < 1.29 is 0 Å². The second-order valence-corrected chi connectivity index (χ2v) is 5.81. The number of rotatable bonds is 1. The van der Waals surface area contributed by atoms with Crippen LogP contribution in [0.4, 0.5) is 0 Å². The third-order valence-corrected chi connectivity index (χ3v) is 1.81. The highest BCUT2D eigenvalue weighted by molar-refractivity contribution is 14.1. The van der Waals surface area contributed by atoms with Gasteiger partial charge in [-0.25, -0.2) is 9.97 Å². The Bertz CT molecular complexity index is 209. The fourth-order valence-electron chi connectivity index (χ4n) is 0.458. The third-order valence-electron chi connectivity index (χ3n) is 0.872. The van der Waals surface area contributed by atoms with Crippen molar-refractivity contribution in [3.63, 3.8) is 0 Å². The summed E-state index contributed by atoms with van der Waals surface area (Å²) in [4.78, 5) is 7.59. The molecule has 2 nitrogen and oxygen atoms in total. The molecule has 0 aliphatic carbocycles. The van der Waals surface area contributed by atoms with Gasteiger partial charge in [0.25, 0.3) is 0 Å². The van der Waals surface area contributed by atoms with Gasteiger partial charge in [-0.15, -0.1) is 0 Å². The lowest BCUT2D eigenvalue weighted by Gasteiger charge is -2.08. The van der Waals surface area contributed by atoms with Crippen LogP contribution in [0.1, 0.15) is 5.69 Å². The van der Waals surface area contributed by atoms with Gasteiger partial charge in [-0.1, -0.05) is 23.2 Å². The van der Waals surface area contributed by atoms with Gasteiger partial charge in [0.15, 0.2) is 0 Å². The molecule has 0 bridgehead atoms. The van der Waals surface area contributed by atoms with E-state index in [0.29, 0.717) is 5.69 Å². The summed E-state index contributed by atoms with van der Waals surface area (Å²) in [6, 6.07) is 1.67. The van der Waals surface area contributed by atoms with Crippen molar-refractivity contribution in [2.24, 2.45) is 0 Å². The summed E-state index contributed by atoms with van der Waals surface area (Å²) in [5.74, 6) is 0. The fraction of sp³-hybridized carbons (Fsp3) is 0.200. The molecule has 0 aliphatic heterocycles. The molecule has 0 fully saturated rings. The highest BCUT2D eigenvalue weighted by Crippen LogP contribution is 2.38. The van der Waals surface area contributed by atoms with Gasteiger partial charge in [-0.2, -0.15) is 0 Å². The van der Waals surface area contributed by atoms with Gasteiger partial charge < -0.3 is 0 Å². The van der Waals surface area contributed by atoms with E-state index in [1.54, 1.807) is 12.3 Å². The third kappa shape index (κ3) is 2.21. The number of hydrogen-bond donors (Lipinski definition) is 0. The predicted octanol–water partition coefficient (Wildman–Crippen LogP) is 2.50. The summed E-state index contributed by atoms with van der Waals surface area (Å²) in [7, 11) is 0. The Morgan fingerprint density at radius 2 is 2.20 bits per heavy atom. The molecule has 10 heavy (non-hydrogen) atoms. The van der Waals surface area contributed by atoms with Crippen LogP contribution in [0.3, 0.4) is 0 Å². The molecule has 1 aromatic rings. The maximum Gasteiger partial charge on any atom is 0.209 e. The van der Waals surface area contributed by atoms with Gasteiger partial charge in [0.1, 0.15) is 6.33 Å². The Hall–Kier alpha value is 0.390. The van der Waals surface area contributed by atoms with E-state index >= 15 is 0 Å². The molecular weight excluding hydrogens is 286 g/mol. The molecule has 0 atom stereocenters. The molecule has 1 aromatic heterocycles. The number of alkyl halides is 3. The van der Waals surface area contributed by atoms with Gasteiger partial charge in [-0.3, -0.25) is 0 Å². The molecule has 0 amide bonds. The number of halogens is 3. The predicted molar refractivity (Wildman–Crippen MR) is 49.4 cm³/mol. The Labute approximate surface area is 82.1 Å². The van der Waals surface area contributed by atoms with Crippen LogP contribution in [0.15, 0.2) is 18.6 Å². The molecule has 0 unspecified atom stereocenters. The van der Waals surface area contributed by atoms with Crippen LogP contribution >= 0.6 is 45.8 Å². The first kappa shape index (κ1) is 8.49. The zero-order valence-corrected chi connectivity index (χ0v) is 8.43. The zero-order chi connectivity index (χ0) is 7.61. The van der Waals surface area contributed by atoms with E-state index in [0.717, 1.165) is 0 Å². The summed E-state index contributed by atoms with van der Waals surface area (Å²) >= 11 is 13.3. The summed E-state index contributed by atoms with van der Waals surface area (Å²) in [6.07, 6.45) is 3.01. The summed E-state index contributed by atoms with van der Waals surface area (Å²) in [5.41, 5.74) is 0.603. The Morgan fingerprint density at radius 3 is 2.50 bits per heavy atom. The second-order valence-electron chi connectivity index (χ2n) is 1.59. The van der Waals surface area contributed by atoms with Crippen LogP contribution < -0.4 is 0 Å². The molecule has 0 N–H and O–H groups in total. The van der Waals surface area contributed by atoms with Crippen LogP contribution in [-0.4, -0.2) is 9.97 Å². The highest BCUT2D eigenvalue weighted by atomic mass is 127. The average Bonchev–Trinajstić information content (AvgIpc) is 1.88. The van der Waals surface area contributed by atoms with E-state index in [9.17, 15) is 0 Å². The van der Waals surface area contributed by atoms with Crippen molar-refractivity contribution in [3.05, 3.63) is 24.3 Å². The van der Waals surface area contributed by atoms with E-state index in [1.807, 2.05) is 22.6 Å². The molecular formula is C5H3Cl2IN2. The number of aromatic nitrogens is 2. The lowest BCUT2D eigenvalue weighted by molar-refractivity contribution is 1.06. The molecule has 1 heterocycles. The standard InChI is InChI=1S/C5H3Cl2IN2/c6-5(7,8)4-1-2-9-3-10-4/h1-3H. The van der Waals surface area contributed by atoms with Gasteiger partial charge in [0.05, 0.1) is 5.69 Å². The highest BCUT2D eigenvalue weighted by Gasteiger charge is 2.22.